The highest BCUT2D eigenvalue weighted by molar-refractivity contribution is 7.92. The second-order valence-corrected chi connectivity index (χ2v) is 7.96. The first-order valence-electron chi connectivity index (χ1n) is 5.65. The predicted octanol–water partition coefficient (Wildman–Crippen LogP) is 2.73. The van der Waals surface area contributed by atoms with Gasteiger partial charge in [0.15, 0.2) is 21.5 Å². The van der Waals surface area contributed by atoms with Gasteiger partial charge in [-0.2, -0.15) is 0 Å². The molecule has 0 spiro atoms. The Hall–Kier alpha value is -1.24. The van der Waals surface area contributed by atoms with Crippen LogP contribution >= 0.6 is 0 Å². The minimum atomic E-state index is -3.38. The third kappa shape index (κ3) is 3.86. The molecule has 1 aromatic rings. The molecule has 1 aromatic carbocycles. The van der Waals surface area contributed by atoms with Gasteiger partial charge < -0.3 is 5.32 Å². The number of sulfone groups is 1. The third-order valence-corrected chi connectivity index (χ3v) is 5.22. The Bertz CT molecular complexity index is 542. The van der Waals surface area contributed by atoms with Gasteiger partial charge in [-0.25, -0.2) is 21.6 Å². The van der Waals surface area contributed by atoms with Crippen molar-refractivity contribution in [3.63, 3.8) is 0 Å². The molecule has 0 fully saturated rings. The molecule has 0 bridgehead atoms. The number of hydrogen-bond acceptors (Lipinski definition) is 3. The summed E-state index contributed by atoms with van der Waals surface area (Å²) in [6.45, 7) is 4.48. The van der Waals surface area contributed by atoms with E-state index in [2.05, 4.69) is 5.32 Å². The molecule has 0 heterocycles. The second kappa shape index (κ2) is 5.40. The molecule has 0 atom stereocenters. The Morgan fingerprint density at radius 3 is 2.00 bits per heavy atom. The second-order valence-electron chi connectivity index (χ2n) is 5.10. The monoisotopic (exact) mass is 295 g/mol. The van der Waals surface area contributed by atoms with Crippen LogP contribution in [0.5, 0.6) is 0 Å². The molecule has 0 aromatic heterocycles. The molecule has 0 aliphatic rings. The Balaban J connectivity index is 2.75. The summed E-state index contributed by atoms with van der Waals surface area (Å²) in [6.07, 6.45) is 0. The van der Waals surface area contributed by atoms with Gasteiger partial charge in [0.05, 0.1) is 10.5 Å². The van der Waals surface area contributed by atoms with Crippen LogP contribution in [0.15, 0.2) is 12.1 Å². The molecule has 3 nitrogen and oxygen atoms in total. The molecule has 1 rings (SSSR count). The number of benzene rings is 1. The van der Waals surface area contributed by atoms with E-state index in [0.717, 1.165) is 0 Å². The summed E-state index contributed by atoms with van der Waals surface area (Å²) >= 11 is 0. The summed E-state index contributed by atoms with van der Waals surface area (Å²) in [7, 11) is -3.38. The van der Waals surface area contributed by atoms with Crippen molar-refractivity contribution in [3.05, 3.63) is 29.6 Å². The molecular weight excluding hydrogens is 279 g/mol. The molecular formula is C12H16F3NO2S. The van der Waals surface area contributed by atoms with Gasteiger partial charge >= 0.3 is 0 Å². The molecule has 0 radical (unpaired) electrons. The summed E-state index contributed by atoms with van der Waals surface area (Å²) in [5, 5.41) is 2.34. The first-order chi connectivity index (χ1) is 8.54. The van der Waals surface area contributed by atoms with Crippen LogP contribution in [-0.2, 0) is 9.84 Å². The van der Waals surface area contributed by atoms with E-state index < -0.39 is 37.7 Å². The van der Waals surface area contributed by atoms with Gasteiger partial charge in [0, 0.05) is 18.7 Å². The number of anilines is 1. The highest BCUT2D eigenvalue weighted by Gasteiger charge is 2.28. The number of hydrogen-bond donors (Lipinski definition) is 1. The Kier molecular flexibility index (Phi) is 4.50. The van der Waals surface area contributed by atoms with Crippen LogP contribution in [0.2, 0.25) is 0 Å². The summed E-state index contributed by atoms with van der Waals surface area (Å²) in [5.41, 5.74) is -0.523. The van der Waals surface area contributed by atoms with Crippen molar-refractivity contribution < 1.29 is 21.6 Å². The lowest BCUT2D eigenvalue weighted by molar-refractivity contribution is 0.546. The van der Waals surface area contributed by atoms with Crippen molar-refractivity contribution in [3.8, 4) is 0 Å². The fourth-order valence-electron chi connectivity index (χ4n) is 1.33. The van der Waals surface area contributed by atoms with Crippen LogP contribution in [0.3, 0.4) is 0 Å². The van der Waals surface area contributed by atoms with Crippen molar-refractivity contribution in [1.82, 2.24) is 0 Å². The van der Waals surface area contributed by atoms with Crippen molar-refractivity contribution in [2.24, 2.45) is 0 Å². The molecule has 0 amide bonds. The van der Waals surface area contributed by atoms with Crippen LogP contribution in [-0.4, -0.2) is 25.5 Å². The van der Waals surface area contributed by atoms with E-state index in [1.807, 2.05) is 0 Å². The van der Waals surface area contributed by atoms with Gasteiger partial charge in [-0.05, 0) is 20.8 Å². The van der Waals surface area contributed by atoms with E-state index >= 15 is 0 Å². The number of nitrogens with one attached hydrogen (secondary N) is 1. The Morgan fingerprint density at radius 1 is 1.11 bits per heavy atom. The average Bonchev–Trinajstić information content (AvgIpc) is 2.20. The molecule has 0 aliphatic heterocycles. The maximum Gasteiger partial charge on any atom is 0.156 e. The lowest BCUT2D eigenvalue weighted by Gasteiger charge is -2.19. The quantitative estimate of drug-likeness (QED) is 0.929. The van der Waals surface area contributed by atoms with Crippen molar-refractivity contribution in [2.75, 3.05) is 17.6 Å². The number of halogens is 3. The average molecular weight is 295 g/mol. The minimum Gasteiger partial charge on any atom is -0.379 e. The lowest BCUT2D eigenvalue weighted by Crippen LogP contribution is -2.33. The SMILES string of the molecule is CC(C)(C)S(=O)(=O)CCNc1c(F)cc(F)cc1F. The largest absolute Gasteiger partial charge is 0.379 e. The van der Waals surface area contributed by atoms with E-state index in [0.29, 0.717) is 12.1 Å². The molecule has 0 saturated carbocycles. The van der Waals surface area contributed by atoms with Crippen LogP contribution in [0.4, 0.5) is 18.9 Å². The zero-order valence-corrected chi connectivity index (χ0v) is 11.7. The molecule has 0 aliphatic carbocycles. The highest BCUT2D eigenvalue weighted by Crippen LogP contribution is 2.21. The summed E-state index contributed by atoms with van der Waals surface area (Å²) < 4.78 is 61.8. The van der Waals surface area contributed by atoms with Gasteiger partial charge in [-0.3, -0.25) is 0 Å². The maximum absolute atomic E-state index is 13.3. The van der Waals surface area contributed by atoms with Gasteiger partial charge in [0.25, 0.3) is 0 Å². The molecule has 19 heavy (non-hydrogen) atoms. The first-order valence-corrected chi connectivity index (χ1v) is 7.30. The van der Waals surface area contributed by atoms with E-state index in [-0.39, 0.29) is 12.3 Å². The molecule has 0 unspecified atom stereocenters. The normalized spacial score (nSPS) is 12.5. The maximum atomic E-state index is 13.3. The summed E-state index contributed by atoms with van der Waals surface area (Å²) in [6, 6.07) is 1.06. The van der Waals surface area contributed by atoms with Gasteiger partial charge in [-0.1, -0.05) is 0 Å². The van der Waals surface area contributed by atoms with Gasteiger partial charge in [0.1, 0.15) is 11.5 Å². The van der Waals surface area contributed by atoms with Crippen LogP contribution < -0.4 is 5.32 Å². The Morgan fingerprint density at radius 2 is 1.58 bits per heavy atom. The molecule has 7 heteroatoms. The topological polar surface area (TPSA) is 46.2 Å². The zero-order chi connectivity index (χ0) is 14.8. The first kappa shape index (κ1) is 15.8. The van der Waals surface area contributed by atoms with E-state index in [9.17, 15) is 21.6 Å². The van der Waals surface area contributed by atoms with Crippen LogP contribution in [0.25, 0.3) is 0 Å². The van der Waals surface area contributed by atoms with E-state index in [4.69, 9.17) is 0 Å². The van der Waals surface area contributed by atoms with Crippen molar-refractivity contribution >= 4 is 15.5 Å². The van der Waals surface area contributed by atoms with Crippen molar-refractivity contribution in [1.29, 1.82) is 0 Å². The third-order valence-electron chi connectivity index (χ3n) is 2.61. The standard InChI is InChI=1S/C12H16F3NO2S/c1-12(2,3)19(17,18)5-4-16-11-9(14)6-8(13)7-10(11)15/h6-7,16H,4-5H2,1-3H3. The van der Waals surface area contributed by atoms with Gasteiger partial charge in [0.2, 0.25) is 0 Å². The smallest absolute Gasteiger partial charge is 0.156 e. The molecule has 1 N–H and O–H groups in total. The van der Waals surface area contributed by atoms with E-state index in [1.54, 1.807) is 20.8 Å². The number of rotatable bonds is 4. The predicted molar refractivity (Wildman–Crippen MR) is 68.3 cm³/mol. The fraction of sp³-hybridized carbons (Fsp3) is 0.500. The Labute approximate surface area is 110 Å². The zero-order valence-electron chi connectivity index (χ0n) is 10.9. The highest BCUT2D eigenvalue weighted by atomic mass is 32.2. The molecule has 0 saturated heterocycles. The lowest BCUT2D eigenvalue weighted by atomic mass is 10.3. The van der Waals surface area contributed by atoms with Crippen LogP contribution in [0.1, 0.15) is 20.8 Å². The van der Waals surface area contributed by atoms with Crippen molar-refractivity contribution in [2.45, 2.75) is 25.5 Å². The van der Waals surface area contributed by atoms with Gasteiger partial charge in [-0.15, -0.1) is 0 Å². The summed E-state index contributed by atoms with van der Waals surface area (Å²) in [5.74, 6) is -3.48. The summed E-state index contributed by atoms with van der Waals surface area (Å²) in [4.78, 5) is 0. The fourth-order valence-corrected chi connectivity index (χ4v) is 2.31. The van der Waals surface area contributed by atoms with Crippen LogP contribution in [0, 0.1) is 17.5 Å². The minimum absolute atomic E-state index is 0.154. The van der Waals surface area contributed by atoms with E-state index in [1.165, 1.54) is 0 Å². The molecule has 108 valence electrons.